The number of carbonyl (C=O) groups is 2. The molecule has 0 unspecified atom stereocenters. The van der Waals surface area contributed by atoms with Crippen LogP contribution in [-0.2, 0) is 28.5 Å². The molecule has 6 fully saturated rings. The maximum Gasteiger partial charge on any atom is 0.338 e. The molecule has 0 amide bonds. The fourth-order valence-electron chi connectivity index (χ4n) is 11.9. The zero-order chi connectivity index (χ0) is 29.8. The minimum atomic E-state index is -1.51. The molecule has 0 aromatic heterocycles. The number of piperidine rings is 1. The molecule has 5 saturated carbocycles. The van der Waals surface area contributed by atoms with Crippen LogP contribution >= 0.6 is 0 Å². The second-order valence-electron chi connectivity index (χ2n) is 13.8. The summed E-state index contributed by atoms with van der Waals surface area (Å²) in [5, 5.41) is 23.7. The molecule has 7 rings (SSSR count). The van der Waals surface area contributed by atoms with E-state index in [1.54, 1.807) is 45.6 Å². The van der Waals surface area contributed by atoms with Crippen molar-refractivity contribution in [3.63, 3.8) is 0 Å². The zero-order valence-electron chi connectivity index (χ0n) is 25.0. The summed E-state index contributed by atoms with van der Waals surface area (Å²) in [6, 6.07) is 8.64. The van der Waals surface area contributed by atoms with Gasteiger partial charge >= 0.3 is 11.9 Å². The van der Waals surface area contributed by atoms with Gasteiger partial charge in [-0.2, -0.15) is 0 Å². The van der Waals surface area contributed by atoms with E-state index in [9.17, 15) is 19.8 Å². The molecule has 1 spiro atoms. The van der Waals surface area contributed by atoms with Gasteiger partial charge in [0, 0.05) is 75.8 Å². The molecule has 10 nitrogen and oxygen atoms in total. The third kappa shape index (κ3) is 3.21. The van der Waals surface area contributed by atoms with Crippen LogP contribution in [0.15, 0.2) is 30.3 Å². The van der Waals surface area contributed by atoms with Crippen molar-refractivity contribution in [2.75, 3.05) is 41.5 Å². The van der Waals surface area contributed by atoms with Gasteiger partial charge in [-0.3, -0.25) is 4.79 Å². The predicted octanol–water partition coefficient (Wildman–Crippen LogP) is 1.66. The van der Waals surface area contributed by atoms with Crippen molar-refractivity contribution in [1.82, 2.24) is 4.90 Å². The molecule has 1 aliphatic heterocycles. The number of ether oxygens (including phenoxy) is 5. The highest BCUT2D eigenvalue weighted by Crippen LogP contribution is 2.80. The Balaban J connectivity index is 1.48. The fourth-order valence-corrected chi connectivity index (χ4v) is 11.9. The Kier molecular flexibility index (Phi) is 6.46. The van der Waals surface area contributed by atoms with Crippen molar-refractivity contribution in [3.05, 3.63) is 35.9 Å². The Bertz CT molecular complexity index is 1260. The van der Waals surface area contributed by atoms with Crippen LogP contribution in [0.1, 0.15) is 43.0 Å². The average Bonchev–Trinajstić information content (AvgIpc) is 3.37. The number of benzene rings is 1. The first-order chi connectivity index (χ1) is 20.1. The van der Waals surface area contributed by atoms with E-state index < -0.39 is 52.1 Å². The number of carbonyl (C=O) groups excluding carboxylic acids is 2. The standard InChI is InChI=1S/C32H43NO9/c1-17(35)42-31-14-21(39-4)30(37)13-19(22(31)27(30)41-28(36)18-9-7-6-8-10-18)32-20(38-3)11-12-29(16-34)15-33(2)26(32)23(31)24(40-5)25(29)32/h6-10,19-27,34,37H,11-16H2,1-5H3/t19-,20+,21+,22-,23+,24+,25-,26-,27-,29+,30+,31-,32+/m1/s1. The molecule has 1 saturated heterocycles. The lowest BCUT2D eigenvalue weighted by Gasteiger charge is -2.68. The van der Waals surface area contributed by atoms with Crippen molar-refractivity contribution < 1.29 is 43.5 Å². The highest BCUT2D eigenvalue weighted by molar-refractivity contribution is 5.89. The van der Waals surface area contributed by atoms with E-state index in [0.29, 0.717) is 12.1 Å². The van der Waals surface area contributed by atoms with E-state index in [4.69, 9.17) is 23.7 Å². The van der Waals surface area contributed by atoms with Gasteiger partial charge in [-0.05, 0) is 44.4 Å². The second kappa shape index (κ2) is 9.46. The lowest BCUT2D eigenvalue weighted by atomic mass is 9.43. The van der Waals surface area contributed by atoms with Crippen LogP contribution in [0.5, 0.6) is 0 Å². The summed E-state index contributed by atoms with van der Waals surface area (Å²) in [5.74, 6) is -2.20. The maximum absolute atomic E-state index is 13.6. The number of nitrogens with zero attached hydrogens (tertiary/aromatic N) is 1. The lowest BCUT2D eigenvalue weighted by molar-refractivity contribution is -0.285. The molecular weight excluding hydrogens is 542 g/mol. The number of rotatable bonds is 7. The normalized spacial score (nSPS) is 49.9. The quantitative estimate of drug-likeness (QED) is 0.457. The minimum absolute atomic E-state index is 0.00513. The summed E-state index contributed by atoms with van der Waals surface area (Å²) >= 11 is 0. The highest BCUT2D eigenvalue weighted by atomic mass is 16.6. The van der Waals surface area contributed by atoms with Gasteiger partial charge in [0.15, 0.2) is 0 Å². The molecule has 7 bridgehead atoms. The Morgan fingerprint density at radius 2 is 1.74 bits per heavy atom. The van der Waals surface area contributed by atoms with Gasteiger partial charge in [0.1, 0.15) is 17.3 Å². The molecule has 2 N–H and O–H groups in total. The molecule has 10 heteroatoms. The van der Waals surface area contributed by atoms with Gasteiger partial charge in [-0.1, -0.05) is 18.2 Å². The third-order valence-electron chi connectivity index (χ3n) is 12.6. The number of aliphatic hydroxyl groups excluding tert-OH is 1. The van der Waals surface area contributed by atoms with Gasteiger partial charge in [0.2, 0.25) is 0 Å². The van der Waals surface area contributed by atoms with Crippen molar-refractivity contribution in [2.45, 2.75) is 74.3 Å². The minimum Gasteiger partial charge on any atom is -0.458 e. The van der Waals surface area contributed by atoms with Crippen molar-refractivity contribution >= 4 is 11.9 Å². The smallest absolute Gasteiger partial charge is 0.338 e. The van der Waals surface area contributed by atoms with Gasteiger partial charge in [0.05, 0.1) is 30.5 Å². The molecule has 1 aromatic carbocycles. The first kappa shape index (κ1) is 28.7. The Hall–Kier alpha value is -2.08. The number of hydrogen-bond donors (Lipinski definition) is 2. The van der Waals surface area contributed by atoms with E-state index in [1.807, 2.05) is 6.07 Å². The second-order valence-corrected chi connectivity index (χ2v) is 13.8. The largest absolute Gasteiger partial charge is 0.458 e. The number of methoxy groups -OCH3 is 3. The molecule has 5 aliphatic carbocycles. The molecule has 42 heavy (non-hydrogen) atoms. The van der Waals surface area contributed by atoms with Gasteiger partial charge < -0.3 is 38.8 Å². The zero-order valence-corrected chi connectivity index (χ0v) is 25.0. The first-order valence-electron chi connectivity index (χ1n) is 15.2. The SMILES string of the molecule is CO[C@H]1[C@H]2[C@H]3N(C)C[C@]4(CO)CC[C@H](OC)[C@@]3([C@@H]3C[C@]5(O)[C@@H](OC)C[C@@]2(OC(C)=O)[C@H]3[C@H]5OC(=O)c2ccccc2)[C@H]14. The Morgan fingerprint density at radius 3 is 2.36 bits per heavy atom. The number of esters is 2. The highest BCUT2D eigenvalue weighted by Gasteiger charge is 2.89. The first-order valence-corrected chi connectivity index (χ1v) is 15.2. The summed E-state index contributed by atoms with van der Waals surface area (Å²) in [7, 11) is 7.08. The van der Waals surface area contributed by atoms with Crippen molar-refractivity contribution in [1.29, 1.82) is 0 Å². The van der Waals surface area contributed by atoms with Crippen LogP contribution in [0.4, 0.5) is 0 Å². The third-order valence-corrected chi connectivity index (χ3v) is 12.6. The number of fused-ring (bicyclic) bond motifs is 2. The monoisotopic (exact) mass is 585 g/mol. The van der Waals surface area contributed by atoms with Crippen LogP contribution in [0, 0.1) is 34.5 Å². The molecular formula is C32H43NO9. The maximum atomic E-state index is 13.6. The van der Waals surface area contributed by atoms with Crippen LogP contribution in [0.2, 0.25) is 0 Å². The number of hydrogen-bond acceptors (Lipinski definition) is 10. The number of aliphatic hydroxyl groups is 2. The van der Waals surface area contributed by atoms with Gasteiger partial charge in [-0.15, -0.1) is 0 Å². The summed E-state index contributed by atoms with van der Waals surface area (Å²) in [6.45, 7) is 2.09. The topological polar surface area (TPSA) is 124 Å². The van der Waals surface area contributed by atoms with Crippen LogP contribution in [-0.4, -0.2) is 110 Å². The predicted molar refractivity (Wildman–Crippen MR) is 148 cm³/mol. The Morgan fingerprint density at radius 1 is 1.02 bits per heavy atom. The fraction of sp³-hybridized carbons (Fsp3) is 0.750. The van der Waals surface area contributed by atoms with Crippen LogP contribution < -0.4 is 0 Å². The lowest BCUT2D eigenvalue weighted by Crippen LogP contribution is -2.77. The van der Waals surface area contributed by atoms with Gasteiger partial charge in [-0.25, -0.2) is 4.79 Å². The summed E-state index contributed by atoms with van der Waals surface area (Å²) < 4.78 is 31.7. The summed E-state index contributed by atoms with van der Waals surface area (Å²) in [4.78, 5) is 29.0. The Labute approximate surface area is 246 Å². The van der Waals surface area contributed by atoms with E-state index in [0.717, 1.165) is 12.8 Å². The van der Waals surface area contributed by atoms with Crippen LogP contribution in [0.25, 0.3) is 0 Å². The van der Waals surface area contributed by atoms with Crippen molar-refractivity contribution in [3.8, 4) is 0 Å². The molecule has 1 aromatic rings. The average molecular weight is 586 g/mol. The number of likely N-dealkylation sites (tertiary alicyclic amines) is 1. The molecule has 0 radical (unpaired) electrons. The van der Waals surface area contributed by atoms with Crippen LogP contribution in [0.3, 0.4) is 0 Å². The summed E-state index contributed by atoms with van der Waals surface area (Å²) in [5.41, 5.74) is -3.28. The van der Waals surface area contributed by atoms with E-state index in [2.05, 4.69) is 11.9 Å². The van der Waals surface area contributed by atoms with Gasteiger partial charge in [0.25, 0.3) is 0 Å². The molecule has 230 valence electrons. The molecule has 1 heterocycles. The molecule has 6 aliphatic rings. The van der Waals surface area contributed by atoms with E-state index in [1.165, 1.54) is 6.92 Å². The summed E-state index contributed by atoms with van der Waals surface area (Å²) in [6.07, 6.45) is -0.219. The van der Waals surface area contributed by atoms with Crippen molar-refractivity contribution in [2.24, 2.45) is 34.5 Å². The van der Waals surface area contributed by atoms with E-state index >= 15 is 0 Å². The van der Waals surface area contributed by atoms with E-state index in [-0.39, 0.29) is 55.5 Å². The molecule has 13 atom stereocenters.